The molecule has 2 amide bonds. The summed E-state index contributed by atoms with van der Waals surface area (Å²) < 4.78 is 19.3. The summed E-state index contributed by atoms with van der Waals surface area (Å²) in [4.78, 5) is 27.5. The van der Waals surface area contributed by atoms with E-state index in [1.54, 1.807) is 19.1 Å². The number of nitrogens with one attached hydrogen (secondary N) is 1. The average Bonchev–Trinajstić information content (AvgIpc) is 2.78. The Morgan fingerprint density at radius 2 is 1.77 bits per heavy atom. The maximum absolute atomic E-state index is 13.9. The van der Waals surface area contributed by atoms with E-state index in [0.29, 0.717) is 0 Å². The van der Waals surface area contributed by atoms with Crippen molar-refractivity contribution in [1.29, 1.82) is 0 Å². The fraction of sp³-hybridized carbons (Fsp3) is 0.440. The lowest BCUT2D eigenvalue weighted by molar-refractivity contribution is -0.142. The van der Waals surface area contributed by atoms with Gasteiger partial charge in [-0.15, -0.1) is 0 Å². The van der Waals surface area contributed by atoms with Gasteiger partial charge in [-0.2, -0.15) is 0 Å². The minimum Gasteiger partial charge on any atom is -0.481 e. The van der Waals surface area contributed by atoms with Crippen LogP contribution in [-0.4, -0.2) is 35.4 Å². The molecule has 166 valence electrons. The molecule has 1 unspecified atom stereocenters. The molecule has 0 saturated heterocycles. The lowest BCUT2D eigenvalue weighted by atomic mass is 9.95. The highest BCUT2D eigenvalue weighted by Crippen LogP contribution is 2.19. The van der Waals surface area contributed by atoms with E-state index in [0.717, 1.165) is 36.8 Å². The van der Waals surface area contributed by atoms with Crippen molar-refractivity contribution in [3.8, 4) is 5.75 Å². The summed E-state index contributed by atoms with van der Waals surface area (Å²) in [6.45, 7) is 3.66. The molecule has 0 spiro atoms. The Kier molecular flexibility index (Phi) is 8.04. The highest BCUT2D eigenvalue weighted by molar-refractivity contribution is 5.88. The largest absolute Gasteiger partial charge is 0.481 e. The molecule has 1 atom stereocenters. The number of carbonyl (C=O) groups excluding carboxylic acids is 2. The first kappa shape index (κ1) is 22.8. The summed E-state index contributed by atoms with van der Waals surface area (Å²) in [6.07, 6.45) is 5.37. The van der Waals surface area contributed by atoms with Crippen LogP contribution in [0.1, 0.15) is 50.2 Å². The molecule has 0 heterocycles. The summed E-state index contributed by atoms with van der Waals surface area (Å²) >= 11 is 0. The van der Waals surface area contributed by atoms with E-state index in [2.05, 4.69) is 5.32 Å². The molecule has 1 saturated carbocycles. The van der Waals surface area contributed by atoms with Crippen molar-refractivity contribution < 1.29 is 18.7 Å². The van der Waals surface area contributed by atoms with Crippen LogP contribution in [0.3, 0.4) is 0 Å². The normalized spacial score (nSPS) is 15.2. The molecular formula is C25H31FN2O3. The molecule has 1 fully saturated rings. The van der Waals surface area contributed by atoms with Crippen LogP contribution in [0.2, 0.25) is 0 Å². The second-order valence-corrected chi connectivity index (χ2v) is 8.25. The molecule has 3 rings (SSSR count). The lowest BCUT2D eigenvalue weighted by Crippen LogP contribution is -2.51. The van der Waals surface area contributed by atoms with Gasteiger partial charge in [0.05, 0.1) is 0 Å². The van der Waals surface area contributed by atoms with Gasteiger partial charge in [-0.1, -0.05) is 61.2 Å². The van der Waals surface area contributed by atoms with Crippen LogP contribution in [0.5, 0.6) is 5.75 Å². The Balaban J connectivity index is 1.70. The zero-order valence-electron chi connectivity index (χ0n) is 18.3. The van der Waals surface area contributed by atoms with Gasteiger partial charge in [-0.25, -0.2) is 4.39 Å². The number of carbonyl (C=O) groups is 2. The van der Waals surface area contributed by atoms with Gasteiger partial charge in [0.25, 0.3) is 5.91 Å². The van der Waals surface area contributed by atoms with Crippen LogP contribution in [0.25, 0.3) is 0 Å². The fourth-order valence-electron chi connectivity index (χ4n) is 3.83. The SMILES string of the molecule is Cc1ccc(CN(C(=O)COc2ccccc2F)C(C)C(=O)NC2CCCCC2)cc1. The number of hydrogen-bond acceptors (Lipinski definition) is 3. The predicted molar refractivity (Wildman–Crippen MR) is 118 cm³/mol. The average molecular weight is 427 g/mol. The van der Waals surface area contributed by atoms with E-state index in [4.69, 9.17) is 4.74 Å². The molecule has 1 N–H and O–H groups in total. The number of ether oxygens (including phenoxy) is 1. The molecule has 31 heavy (non-hydrogen) atoms. The third-order valence-corrected chi connectivity index (χ3v) is 5.78. The van der Waals surface area contributed by atoms with Crippen molar-refractivity contribution in [2.75, 3.05) is 6.61 Å². The van der Waals surface area contributed by atoms with E-state index in [-0.39, 0.29) is 36.8 Å². The Bertz CT molecular complexity index is 879. The summed E-state index contributed by atoms with van der Waals surface area (Å²) in [6, 6.07) is 13.3. The first-order valence-electron chi connectivity index (χ1n) is 11.0. The van der Waals surface area contributed by atoms with Gasteiger partial charge < -0.3 is 15.0 Å². The van der Waals surface area contributed by atoms with Crippen LogP contribution in [0.4, 0.5) is 4.39 Å². The van der Waals surface area contributed by atoms with Crippen molar-refractivity contribution in [1.82, 2.24) is 10.2 Å². The second kappa shape index (κ2) is 10.9. The first-order valence-corrected chi connectivity index (χ1v) is 11.0. The first-order chi connectivity index (χ1) is 14.9. The van der Waals surface area contributed by atoms with E-state index in [9.17, 15) is 14.0 Å². The summed E-state index contributed by atoms with van der Waals surface area (Å²) in [5, 5.41) is 3.10. The van der Waals surface area contributed by atoms with Gasteiger partial charge in [0.15, 0.2) is 18.2 Å². The molecule has 0 aromatic heterocycles. The van der Waals surface area contributed by atoms with Crippen molar-refractivity contribution in [3.63, 3.8) is 0 Å². The van der Waals surface area contributed by atoms with Crippen LogP contribution in [0.15, 0.2) is 48.5 Å². The maximum Gasteiger partial charge on any atom is 0.261 e. The molecular weight excluding hydrogens is 395 g/mol. The zero-order valence-corrected chi connectivity index (χ0v) is 18.3. The van der Waals surface area contributed by atoms with Crippen molar-refractivity contribution in [2.24, 2.45) is 0 Å². The Labute approximate surface area is 183 Å². The molecule has 1 aliphatic carbocycles. The minimum absolute atomic E-state index is 0.0189. The summed E-state index contributed by atoms with van der Waals surface area (Å²) in [7, 11) is 0. The zero-order chi connectivity index (χ0) is 22.2. The molecule has 2 aromatic rings. The topological polar surface area (TPSA) is 58.6 Å². The van der Waals surface area contributed by atoms with Gasteiger partial charge in [0.1, 0.15) is 6.04 Å². The molecule has 0 bridgehead atoms. The maximum atomic E-state index is 13.9. The molecule has 5 nitrogen and oxygen atoms in total. The highest BCUT2D eigenvalue weighted by atomic mass is 19.1. The number of nitrogens with zero attached hydrogens (tertiary/aromatic N) is 1. The number of rotatable bonds is 8. The molecule has 0 aliphatic heterocycles. The molecule has 2 aromatic carbocycles. The van der Waals surface area contributed by atoms with Gasteiger partial charge in [-0.3, -0.25) is 9.59 Å². The minimum atomic E-state index is -0.667. The number of amides is 2. The van der Waals surface area contributed by atoms with Gasteiger partial charge in [0, 0.05) is 12.6 Å². The predicted octanol–water partition coefficient (Wildman–Crippen LogP) is 4.38. The molecule has 6 heteroatoms. The second-order valence-electron chi connectivity index (χ2n) is 8.25. The van der Waals surface area contributed by atoms with E-state index >= 15 is 0 Å². The van der Waals surface area contributed by atoms with Crippen molar-refractivity contribution >= 4 is 11.8 Å². The fourth-order valence-corrected chi connectivity index (χ4v) is 3.83. The quantitative estimate of drug-likeness (QED) is 0.682. The molecule has 0 radical (unpaired) electrons. The molecule has 1 aliphatic rings. The van der Waals surface area contributed by atoms with Crippen molar-refractivity contribution in [3.05, 3.63) is 65.5 Å². The smallest absolute Gasteiger partial charge is 0.261 e. The Morgan fingerprint density at radius 3 is 2.45 bits per heavy atom. The van der Waals surface area contributed by atoms with Gasteiger partial charge in [-0.05, 0) is 44.4 Å². The number of benzene rings is 2. The highest BCUT2D eigenvalue weighted by Gasteiger charge is 2.28. The monoisotopic (exact) mass is 426 g/mol. The van der Waals surface area contributed by atoms with Crippen molar-refractivity contribution in [2.45, 2.75) is 64.6 Å². The van der Waals surface area contributed by atoms with Crippen LogP contribution >= 0.6 is 0 Å². The third-order valence-electron chi connectivity index (χ3n) is 5.78. The van der Waals surface area contributed by atoms with Gasteiger partial charge >= 0.3 is 0 Å². The number of halogens is 1. The summed E-state index contributed by atoms with van der Waals surface area (Å²) in [5.74, 6) is -1.04. The third kappa shape index (κ3) is 6.54. The Morgan fingerprint density at radius 1 is 1.10 bits per heavy atom. The number of hydrogen-bond donors (Lipinski definition) is 1. The van der Waals surface area contributed by atoms with Crippen LogP contribution in [0, 0.1) is 12.7 Å². The van der Waals surface area contributed by atoms with E-state index in [1.807, 2.05) is 31.2 Å². The van der Waals surface area contributed by atoms with E-state index in [1.165, 1.54) is 23.5 Å². The number of para-hydroxylation sites is 1. The Hall–Kier alpha value is -2.89. The van der Waals surface area contributed by atoms with Gasteiger partial charge in [0.2, 0.25) is 5.91 Å². The van der Waals surface area contributed by atoms with Crippen LogP contribution < -0.4 is 10.1 Å². The lowest BCUT2D eigenvalue weighted by Gasteiger charge is -2.31. The summed E-state index contributed by atoms with van der Waals surface area (Å²) in [5.41, 5.74) is 2.04. The van der Waals surface area contributed by atoms with Crippen LogP contribution in [-0.2, 0) is 16.1 Å². The van der Waals surface area contributed by atoms with E-state index < -0.39 is 11.9 Å². The standard InChI is InChI=1S/C25H31FN2O3/c1-18-12-14-20(15-13-18)16-28(19(2)25(30)27-21-8-4-3-5-9-21)24(29)17-31-23-11-7-6-10-22(23)26/h6-7,10-15,19,21H,3-5,8-9,16-17H2,1-2H3,(H,27,30). The number of aryl methyl sites for hydroxylation is 1.